The van der Waals surface area contributed by atoms with E-state index in [0.717, 1.165) is 12.1 Å². The second-order valence-electron chi connectivity index (χ2n) is 6.15. The van der Waals surface area contributed by atoms with Crippen LogP contribution in [-0.4, -0.2) is 12.6 Å². The Morgan fingerprint density at radius 2 is 1.93 bits per heavy atom. The van der Waals surface area contributed by atoms with Crippen molar-refractivity contribution in [3.05, 3.63) is 69.9 Å². The van der Waals surface area contributed by atoms with Crippen LogP contribution in [-0.2, 0) is 11.3 Å². The molecule has 7 heteroatoms. The number of hydrogen-bond donors (Lipinski definition) is 1. The molecule has 3 rings (SSSR count). The fourth-order valence-corrected chi connectivity index (χ4v) is 4.09. The molecule has 0 fully saturated rings. The zero-order valence-corrected chi connectivity index (χ0v) is 15.7. The summed E-state index contributed by atoms with van der Waals surface area (Å²) in [7, 11) is 0. The molecular weight excluding hydrogens is 375 g/mol. The van der Waals surface area contributed by atoms with Crippen LogP contribution in [0.25, 0.3) is 10.1 Å². The fraction of sp³-hybridized carbons (Fsp3) is 0.250. The standard InChI is InChI=1S/C20H18F3NO2S/c1-3-26-20(25)19-13(18-15(22)5-4-6-17(18)27-19)10-24-11(2)12-7-8-14(21)16(23)9-12/h4-9,11,24H,3,10H2,1-2H3/p+1/t11-/m1/s1. The number of carbonyl (C=O) groups excluding carboxylic acids is 1. The lowest BCUT2D eigenvalue weighted by Crippen LogP contribution is -2.83. The second kappa shape index (κ2) is 8.10. The lowest BCUT2D eigenvalue weighted by Gasteiger charge is -2.12. The number of hydrogen-bond acceptors (Lipinski definition) is 3. The first kappa shape index (κ1) is 19.4. The van der Waals surface area contributed by atoms with Gasteiger partial charge in [-0.3, -0.25) is 0 Å². The zero-order valence-electron chi connectivity index (χ0n) is 14.9. The van der Waals surface area contributed by atoms with Crippen molar-refractivity contribution in [3.63, 3.8) is 0 Å². The van der Waals surface area contributed by atoms with E-state index in [1.807, 2.05) is 12.2 Å². The number of halogens is 3. The Hall–Kier alpha value is -2.38. The highest BCUT2D eigenvalue weighted by Crippen LogP contribution is 2.33. The van der Waals surface area contributed by atoms with Crippen LogP contribution in [0.15, 0.2) is 36.4 Å². The van der Waals surface area contributed by atoms with Crippen LogP contribution in [0, 0.1) is 17.5 Å². The first-order valence-electron chi connectivity index (χ1n) is 8.57. The molecule has 0 spiro atoms. The van der Waals surface area contributed by atoms with Gasteiger partial charge in [0.25, 0.3) is 0 Å². The highest BCUT2D eigenvalue weighted by molar-refractivity contribution is 7.21. The Morgan fingerprint density at radius 3 is 2.63 bits per heavy atom. The van der Waals surface area contributed by atoms with Gasteiger partial charge in [0.05, 0.1) is 6.61 Å². The minimum Gasteiger partial charge on any atom is -0.462 e. The predicted molar refractivity (Wildman–Crippen MR) is 98.1 cm³/mol. The third-order valence-electron chi connectivity index (χ3n) is 4.37. The van der Waals surface area contributed by atoms with Crippen molar-refractivity contribution >= 4 is 27.4 Å². The molecule has 0 bridgehead atoms. The van der Waals surface area contributed by atoms with Gasteiger partial charge < -0.3 is 10.1 Å². The SMILES string of the molecule is CCOC(=O)c1sc2cccc(F)c2c1C[NH2+][C@H](C)c1ccc(F)c(F)c1. The molecule has 2 N–H and O–H groups in total. The third-order valence-corrected chi connectivity index (χ3v) is 5.55. The highest BCUT2D eigenvalue weighted by Gasteiger charge is 2.24. The van der Waals surface area contributed by atoms with Crippen LogP contribution >= 0.6 is 11.3 Å². The molecule has 3 aromatic rings. The first-order chi connectivity index (χ1) is 12.9. The number of benzene rings is 2. The van der Waals surface area contributed by atoms with Crippen molar-refractivity contribution in [2.45, 2.75) is 26.4 Å². The quantitative estimate of drug-likeness (QED) is 0.633. The summed E-state index contributed by atoms with van der Waals surface area (Å²) in [4.78, 5) is 12.7. The van der Waals surface area contributed by atoms with Crippen LogP contribution in [0.5, 0.6) is 0 Å². The summed E-state index contributed by atoms with van der Waals surface area (Å²) in [5.41, 5.74) is 1.16. The number of rotatable bonds is 6. The number of quaternary nitrogens is 1. The largest absolute Gasteiger partial charge is 0.462 e. The average Bonchev–Trinajstić information content (AvgIpc) is 3.02. The molecule has 0 aliphatic rings. The fourth-order valence-electron chi connectivity index (χ4n) is 2.95. The van der Waals surface area contributed by atoms with Gasteiger partial charge in [-0.25, -0.2) is 18.0 Å². The summed E-state index contributed by atoms with van der Waals surface area (Å²) in [5.74, 6) is -2.70. The van der Waals surface area contributed by atoms with E-state index in [1.165, 1.54) is 23.5 Å². The smallest absolute Gasteiger partial charge is 0.348 e. The maximum Gasteiger partial charge on any atom is 0.348 e. The summed E-state index contributed by atoms with van der Waals surface area (Å²) >= 11 is 1.19. The summed E-state index contributed by atoms with van der Waals surface area (Å²) in [6.07, 6.45) is 0. The molecule has 1 aromatic heterocycles. The number of nitrogens with two attached hydrogens (primary N) is 1. The van der Waals surface area contributed by atoms with Crippen molar-refractivity contribution in [2.24, 2.45) is 0 Å². The van der Waals surface area contributed by atoms with Crippen LogP contribution < -0.4 is 5.32 Å². The van der Waals surface area contributed by atoms with Crippen molar-refractivity contribution in [1.29, 1.82) is 0 Å². The molecule has 142 valence electrons. The van der Waals surface area contributed by atoms with E-state index in [1.54, 1.807) is 19.1 Å². The van der Waals surface area contributed by atoms with Crippen LogP contribution in [0.1, 0.15) is 40.7 Å². The third kappa shape index (κ3) is 3.99. The number of carbonyl (C=O) groups is 1. The van der Waals surface area contributed by atoms with Gasteiger partial charge in [0.15, 0.2) is 11.6 Å². The number of fused-ring (bicyclic) bond motifs is 1. The van der Waals surface area contributed by atoms with Gasteiger partial charge in [0.1, 0.15) is 23.3 Å². The molecular formula is C20H19F3NO2S+. The lowest BCUT2D eigenvalue weighted by molar-refractivity contribution is -0.707. The summed E-state index contributed by atoms with van der Waals surface area (Å²) in [6.45, 7) is 4.07. The molecule has 1 heterocycles. The van der Waals surface area contributed by atoms with Crippen molar-refractivity contribution in [3.8, 4) is 0 Å². The van der Waals surface area contributed by atoms with E-state index in [4.69, 9.17) is 4.74 Å². The minimum atomic E-state index is -0.910. The Labute approximate surface area is 158 Å². The first-order valence-corrected chi connectivity index (χ1v) is 9.39. The summed E-state index contributed by atoms with van der Waals surface area (Å²) in [5, 5.41) is 2.25. The van der Waals surface area contributed by atoms with Crippen LogP contribution in [0.4, 0.5) is 13.2 Å². The van der Waals surface area contributed by atoms with Gasteiger partial charge in [0, 0.05) is 21.2 Å². The van der Waals surface area contributed by atoms with Crippen molar-refractivity contribution < 1.29 is 28.0 Å². The van der Waals surface area contributed by atoms with E-state index in [2.05, 4.69) is 0 Å². The second-order valence-corrected chi connectivity index (χ2v) is 7.20. The number of thiophene rings is 1. The molecule has 0 saturated heterocycles. The van der Waals surface area contributed by atoms with Gasteiger partial charge in [-0.1, -0.05) is 6.07 Å². The molecule has 0 amide bonds. The van der Waals surface area contributed by atoms with Crippen molar-refractivity contribution in [2.75, 3.05) is 6.61 Å². The highest BCUT2D eigenvalue weighted by atomic mass is 32.1. The normalized spacial score (nSPS) is 12.3. The van der Waals surface area contributed by atoms with E-state index in [-0.39, 0.29) is 12.6 Å². The zero-order chi connectivity index (χ0) is 19.6. The molecule has 0 radical (unpaired) electrons. The predicted octanol–water partition coefficient (Wildman–Crippen LogP) is 4.32. The Balaban J connectivity index is 1.91. The molecule has 27 heavy (non-hydrogen) atoms. The molecule has 3 nitrogen and oxygen atoms in total. The number of esters is 1. The summed E-state index contributed by atoms with van der Waals surface area (Å²) < 4.78 is 46.8. The van der Waals surface area contributed by atoms with E-state index in [0.29, 0.717) is 32.6 Å². The van der Waals surface area contributed by atoms with Crippen LogP contribution in [0.2, 0.25) is 0 Å². The van der Waals surface area contributed by atoms with Crippen LogP contribution in [0.3, 0.4) is 0 Å². The van der Waals surface area contributed by atoms with E-state index >= 15 is 0 Å². The van der Waals surface area contributed by atoms with Gasteiger partial charge in [-0.05, 0) is 44.2 Å². The van der Waals surface area contributed by atoms with Gasteiger partial charge in [-0.15, -0.1) is 11.3 Å². The molecule has 0 aliphatic heterocycles. The minimum absolute atomic E-state index is 0.211. The maximum atomic E-state index is 14.4. The Morgan fingerprint density at radius 1 is 1.15 bits per heavy atom. The van der Waals surface area contributed by atoms with E-state index < -0.39 is 23.4 Å². The molecule has 2 aromatic carbocycles. The Kier molecular flexibility index (Phi) is 5.82. The van der Waals surface area contributed by atoms with Crippen molar-refractivity contribution in [1.82, 2.24) is 0 Å². The Bertz CT molecular complexity index is 987. The molecule has 0 aliphatic carbocycles. The molecule has 1 atom stereocenters. The maximum absolute atomic E-state index is 14.4. The van der Waals surface area contributed by atoms with Gasteiger partial charge in [0.2, 0.25) is 0 Å². The molecule has 0 unspecified atom stereocenters. The average molecular weight is 394 g/mol. The topological polar surface area (TPSA) is 42.9 Å². The molecule has 0 saturated carbocycles. The monoisotopic (exact) mass is 394 g/mol. The van der Waals surface area contributed by atoms with Gasteiger partial charge >= 0.3 is 5.97 Å². The number of ether oxygens (including phenoxy) is 1. The van der Waals surface area contributed by atoms with Gasteiger partial charge in [-0.2, -0.15) is 0 Å². The van der Waals surface area contributed by atoms with E-state index in [9.17, 15) is 18.0 Å². The summed E-state index contributed by atoms with van der Waals surface area (Å²) in [6, 6.07) is 8.24. The lowest BCUT2D eigenvalue weighted by atomic mass is 10.1.